The van der Waals surface area contributed by atoms with Crippen molar-refractivity contribution in [3.05, 3.63) is 152 Å². The number of fused-ring (bicyclic) bond motifs is 5. The zero-order valence-electron chi connectivity index (χ0n) is 24.2. The van der Waals surface area contributed by atoms with Gasteiger partial charge in [-0.2, -0.15) is 0 Å². The van der Waals surface area contributed by atoms with Gasteiger partial charge in [0.15, 0.2) is 17.5 Å². The van der Waals surface area contributed by atoms with E-state index in [1.54, 1.807) is 0 Å². The highest BCUT2D eigenvalue weighted by Gasteiger charge is 2.19. The Kier molecular flexibility index (Phi) is 5.78. The summed E-state index contributed by atoms with van der Waals surface area (Å²) in [5, 5.41) is 6.69. The summed E-state index contributed by atoms with van der Waals surface area (Å²) in [5.74, 6) is 1.94. The molecule has 0 radical (unpaired) electrons. The minimum absolute atomic E-state index is 0.640. The van der Waals surface area contributed by atoms with E-state index in [1.165, 1.54) is 0 Å². The molecule has 4 nitrogen and oxygen atoms in total. The predicted molar refractivity (Wildman–Crippen MR) is 184 cm³/mol. The third kappa shape index (κ3) is 4.19. The van der Waals surface area contributed by atoms with Gasteiger partial charge in [-0.05, 0) is 50.9 Å². The van der Waals surface area contributed by atoms with E-state index >= 15 is 0 Å². The van der Waals surface area contributed by atoms with Crippen LogP contribution in [0.4, 0.5) is 0 Å². The third-order valence-corrected chi connectivity index (χ3v) is 8.56. The molecule has 0 unspecified atom stereocenters. The molecule has 0 aliphatic carbocycles. The van der Waals surface area contributed by atoms with Crippen LogP contribution in [0.15, 0.2) is 156 Å². The van der Waals surface area contributed by atoms with Gasteiger partial charge in [-0.25, -0.2) is 15.0 Å². The molecule has 0 aliphatic rings. The smallest absolute Gasteiger partial charge is 0.164 e. The van der Waals surface area contributed by atoms with Crippen LogP contribution >= 0.6 is 0 Å². The molecular formula is C41H25N3O. The number of benzene rings is 7. The first-order valence-electron chi connectivity index (χ1n) is 15.0. The molecule has 0 atom stereocenters. The van der Waals surface area contributed by atoms with E-state index in [0.29, 0.717) is 17.5 Å². The molecular weight excluding hydrogens is 550 g/mol. The van der Waals surface area contributed by atoms with E-state index in [9.17, 15) is 0 Å². The standard InChI is InChI=1S/C41H25N3O/c1-2-13-27(14-3-1)39-42-40(33-21-10-15-26-12-4-5-16-28(26)33)44-41(43-39)34-25-24-31(29-17-6-7-18-30(29)34)32-20-11-23-37-38(32)35-19-8-9-22-36(35)45-37/h1-25H. The molecule has 7 aromatic carbocycles. The summed E-state index contributed by atoms with van der Waals surface area (Å²) < 4.78 is 6.23. The SMILES string of the molecule is c1ccc(-c2nc(-c3cccc4ccccc34)nc(-c3ccc(-c4cccc5oc6ccccc6c45)c4ccccc34)n2)cc1. The first-order valence-corrected chi connectivity index (χ1v) is 15.0. The van der Waals surface area contributed by atoms with Crippen molar-refractivity contribution in [3.63, 3.8) is 0 Å². The number of hydrogen-bond acceptors (Lipinski definition) is 4. The van der Waals surface area contributed by atoms with Gasteiger partial charge in [-0.3, -0.25) is 0 Å². The van der Waals surface area contributed by atoms with Crippen LogP contribution in [0, 0.1) is 0 Å². The first-order chi connectivity index (χ1) is 22.3. The van der Waals surface area contributed by atoms with Gasteiger partial charge in [0.2, 0.25) is 0 Å². The Bertz CT molecular complexity index is 2540. The van der Waals surface area contributed by atoms with E-state index in [1.807, 2.05) is 48.5 Å². The second kappa shape index (κ2) is 10.2. The molecule has 210 valence electrons. The maximum atomic E-state index is 6.23. The molecule has 0 spiro atoms. The van der Waals surface area contributed by atoms with Crippen molar-refractivity contribution >= 4 is 43.5 Å². The number of furan rings is 1. The minimum Gasteiger partial charge on any atom is -0.456 e. The fourth-order valence-electron chi connectivity index (χ4n) is 6.48. The number of hydrogen-bond donors (Lipinski definition) is 0. The quantitative estimate of drug-likeness (QED) is 0.209. The van der Waals surface area contributed by atoms with E-state index in [0.717, 1.165) is 71.3 Å². The van der Waals surface area contributed by atoms with Crippen LogP contribution in [0.2, 0.25) is 0 Å². The highest BCUT2D eigenvalue weighted by atomic mass is 16.3. The zero-order valence-corrected chi connectivity index (χ0v) is 24.2. The maximum Gasteiger partial charge on any atom is 0.164 e. The van der Waals surface area contributed by atoms with Crippen LogP contribution < -0.4 is 0 Å². The van der Waals surface area contributed by atoms with Crippen LogP contribution in [0.1, 0.15) is 0 Å². The lowest BCUT2D eigenvalue weighted by Gasteiger charge is -2.14. The van der Waals surface area contributed by atoms with Gasteiger partial charge in [-0.1, -0.05) is 133 Å². The van der Waals surface area contributed by atoms with Gasteiger partial charge in [0, 0.05) is 27.5 Å². The van der Waals surface area contributed by atoms with Crippen LogP contribution in [-0.4, -0.2) is 15.0 Å². The van der Waals surface area contributed by atoms with Crippen molar-refractivity contribution in [1.29, 1.82) is 0 Å². The largest absolute Gasteiger partial charge is 0.456 e. The van der Waals surface area contributed by atoms with Crippen LogP contribution in [0.3, 0.4) is 0 Å². The third-order valence-electron chi connectivity index (χ3n) is 8.56. The maximum absolute atomic E-state index is 6.23. The van der Waals surface area contributed by atoms with Crippen LogP contribution in [-0.2, 0) is 0 Å². The Morgan fingerprint density at radius 1 is 0.333 bits per heavy atom. The normalized spacial score (nSPS) is 11.6. The Balaban J connectivity index is 1.30. The molecule has 0 N–H and O–H groups in total. The summed E-state index contributed by atoms with van der Waals surface area (Å²) in [6.45, 7) is 0. The topological polar surface area (TPSA) is 51.8 Å². The second-order valence-corrected chi connectivity index (χ2v) is 11.2. The van der Waals surface area contributed by atoms with Gasteiger partial charge in [0.25, 0.3) is 0 Å². The zero-order chi connectivity index (χ0) is 29.7. The summed E-state index contributed by atoms with van der Waals surface area (Å²) >= 11 is 0. The Hall–Kier alpha value is -6.13. The molecule has 45 heavy (non-hydrogen) atoms. The van der Waals surface area contributed by atoms with Crippen molar-refractivity contribution < 1.29 is 4.42 Å². The number of para-hydroxylation sites is 1. The lowest BCUT2D eigenvalue weighted by atomic mass is 9.92. The first kappa shape index (κ1) is 25.4. The molecule has 0 amide bonds. The van der Waals surface area contributed by atoms with Crippen LogP contribution in [0.5, 0.6) is 0 Å². The van der Waals surface area contributed by atoms with E-state index < -0.39 is 0 Å². The molecule has 2 aromatic heterocycles. The summed E-state index contributed by atoms with van der Waals surface area (Å²) in [7, 11) is 0. The summed E-state index contributed by atoms with van der Waals surface area (Å²) in [6.07, 6.45) is 0. The summed E-state index contributed by atoms with van der Waals surface area (Å²) in [4.78, 5) is 15.2. The molecule has 0 saturated heterocycles. The van der Waals surface area contributed by atoms with E-state index in [2.05, 4.69) is 103 Å². The molecule has 0 aliphatic heterocycles. The average Bonchev–Trinajstić information content (AvgIpc) is 3.50. The van der Waals surface area contributed by atoms with Crippen molar-refractivity contribution in [1.82, 2.24) is 15.0 Å². The van der Waals surface area contributed by atoms with E-state index in [-0.39, 0.29) is 0 Å². The van der Waals surface area contributed by atoms with Crippen molar-refractivity contribution in [2.75, 3.05) is 0 Å². The molecule has 2 heterocycles. The fraction of sp³-hybridized carbons (Fsp3) is 0. The monoisotopic (exact) mass is 575 g/mol. The Morgan fingerprint density at radius 3 is 1.69 bits per heavy atom. The number of aromatic nitrogens is 3. The van der Waals surface area contributed by atoms with Crippen molar-refractivity contribution in [3.8, 4) is 45.3 Å². The van der Waals surface area contributed by atoms with Gasteiger partial charge < -0.3 is 4.42 Å². The fourth-order valence-corrected chi connectivity index (χ4v) is 6.48. The lowest BCUT2D eigenvalue weighted by molar-refractivity contribution is 0.669. The van der Waals surface area contributed by atoms with Gasteiger partial charge in [0.1, 0.15) is 11.2 Å². The highest BCUT2D eigenvalue weighted by Crippen LogP contribution is 2.41. The molecule has 0 saturated carbocycles. The number of rotatable bonds is 4. The Morgan fingerprint density at radius 2 is 0.867 bits per heavy atom. The second-order valence-electron chi connectivity index (χ2n) is 11.2. The van der Waals surface area contributed by atoms with Crippen molar-refractivity contribution in [2.45, 2.75) is 0 Å². The van der Waals surface area contributed by atoms with Gasteiger partial charge in [0.05, 0.1) is 0 Å². The molecule has 9 aromatic rings. The Labute approximate surface area is 259 Å². The average molecular weight is 576 g/mol. The number of nitrogens with zero attached hydrogens (tertiary/aromatic N) is 3. The molecule has 0 bridgehead atoms. The van der Waals surface area contributed by atoms with E-state index in [4.69, 9.17) is 19.4 Å². The molecule has 9 rings (SSSR count). The molecule has 4 heteroatoms. The van der Waals surface area contributed by atoms with Gasteiger partial charge >= 0.3 is 0 Å². The summed E-state index contributed by atoms with van der Waals surface area (Å²) in [5.41, 5.74) is 6.93. The van der Waals surface area contributed by atoms with Gasteiger partial charge in [-0.15, -0.1) is 0 Å². The predicted octanol–water partition coefficient (Wildman–Crippen LogP) is 10.7. The van der Waals surface area contributed by atoms with Crippen molar-refractivity contribution in [2.24, 2.45) is 0 Å². The minimum atomic E-state index is 0.640. The highest BCUT2D eigenvalue weighted by molar-refractivity contribution is 6.16. The lowest BCUT2D eigenvalue weighted by Crippen LogP contribution is -2.01. The van der Waals surface area contributed by atoms with Crippen LogP contribution in [0.25, 0.3) is 88.8 Å². The molecule has 0 fully saturated rings. The summed E-state index contributed by atoms with van der Waals surface area (Å²) in [6, 6.07) is 52.1.